The molecule has 0 saturated carbocycles. The Labute approximate surface area is 91.6 Å². The van der Waals surface area contributed by atoms with Gasteiger partial charge in [-0.2, -0.15) is 0 Å². The molecule has 0 aromatic rings. The maximum atomic E-state index is 2.40. The van der Waals surface area contributed by atoms with Gasteiger partial charge in [-0.05, 0) is 24.2 Å². The minimum absolute atomic E-state index is 0.727. The third-order valence-corrected chi connectivity index (χ3v) is 3.35. The van der Waals surface area contributed by atoms with Gasteiger partial charge in [-0.3, -0.25) is 0 Å². The van der Waals surface area contributed by atoms with Crippen molar-refractivity contribution in [2.24, 2.45) is 17.8 Å². The molecule has 0 nitrogen and oxygen atoms in total. The molecular formula is C13H27B. The van der Waals surface area contributed by atoms with Gasteiger partial charge in [0.15, 0.2) is 0 Å². The van der Waals surface area contributed by atoms with E-state index in [1.54, 1.807) is 0 Å². The summed E-state index contributed by atoms with van der Waals surface area (Å²) in [6.45, 7) is 11.6. The van der Waals surface area contributed by atoms with Crippen LogP contribution in [0.2, 0.25) is 5.82 Å². The van der Waals surface area contributed by atoms with Crippen LogP contribution in [0.25, 0.3) is 0 Å². The van der Waals surface area contributed by atoms with E-state index in [1.165, 1.54) is 6.42 Å². The van der Waals surface area contributed by atoms with Gasteiger partial charge in [-0.15, -0.1) is 0 Å². The van der Waals surface area contributed by atoms with Crippen LogP contribution in [-0.2, 0) is 0 Å². The van der Waals surface area contributed by atoms with Gasteiger partial charge in [-0.25, -0.2) is 0 Å². The minimum atomic E-state index is 0.727. The molecule has 0 bridgehead atoms. The lowest BCUT2D eigenvalue weighted by Gasteiger charge is -2.31. The first-order chi connectivity index (χ1) is 6.54. The fourth-order valence-corrected chi connectivity index (χ4v) is 2.53. The molecule has 0 radical (unpaired) electrons. The molecule has 0 amide bonds. The van der Waals surface area contributed by atoms with E-state index in [0.717, 1.165) is 30.0 Å². The van der Waals surface area contributed by atoms with Crippen LogP contribution < -0.4 is 0 Å². The van der Waals surface area contributed by atoms with Crippen molar-refractivity contribution in [3.63, 3.8) is 0 Å². The summed E-state index contributed by atoms with van der Waals surface area (Å²) in [7, 11) is 2.35. The van der Waals surface area contributed by atoms with Gasteiger partial charge in [0.25, 0.3) is 0 Å². The van der Waals surface area contributed by atoms with Crippen LogP contribution in [-0.4, -0.2) is 7.85 Å². The van der Waals surface area contributed by atoms with Crippen molar-refractivity contribution in [1.29, 1.82) is 0 Å². The molecule has 0 aromatic carbocycles. The zero-order chi connectivity index (χ0) is 11.1. The Balaban J connectivity index is 4.40. The Morgan fingerprint density at radius 2 is 1.71 bits per heavy atom. The lowest BCUT2D eigenvalue weighted by Crippen LogP contribution is -2.22. The summed E-state index contributed by atoms with van der Waals surface area (Å²) in [6.07, 6.45) is 7.17. The van der Waals surface area contributed by atoms with E-state index >= 15 is 0 Å². The van der Waals surface area contributed by atoms with E-state index in [0.29, 0.717) is 0 Å². The predicted molar refractivity (Wildman–Crippen MR) is 69.5 cm³/mol. The highest BCUT2D eigenvalue weighted by Crippen LogP contribution is 2.33. The normalized spacial score (nSPS) is 20.6. The summed E-state index contributed by atoms with van der Waals surface area (Å²) >= 11 is 0. The van der Waals surface area contributed by atoms with E-state index in [1.807, 2.05) is 0 Å². The maximum absolute atomic E-state index is 2.40. The van der Waals surface area contributed by atoms with Crippen molar-refractivity contribution in [2.75, 3.05) is 0 Å². The summed E-state index contributed by atoms with van der Waals surface area (Å²) in [5.41, 5.74) is 0. The largest absolute Gasteiger partial charge is 0.105 e. The van der Waals surface area contributed by atoms with Crippen LogP contribution in [0.1, 0.15) is 47.5 Å². The van der Waals surface area contributed by atoms with Crippen LogP contribution in [0.4, 0.5) is 0 Å². The highest BCUT2D eigenvalue weighted by molar-refractivity contribution is 6.11. The first kappa shape index (κ1) is 13.8. The summed E-state index contributed by atoms with van der Waals surface area (Å²) in [5.74, 6) is 3.20. The molecule has 0 saturated heterocycles. The van der Waals surface area contributed by atoms with Gasteiger partial charge in [0.1, 0.15) is 7.85 Å². The Morgan fingerprint density at radius 3 is 2.07 bits per heavy atom. The molecule has 82 valence electrons. The number of hydrogen-bond acceptors (Lipinski definition) is 0. The van der Waals surface area contributed by atoms with Crippen molar-refractivity contribution in [1.82, 2.24) is 0 Å². The molecule has 0 fully saturated rings. The molecule has 0 aliphatic rings. The van der Waals surface area contributed by atoms with E-state index in [2.05, 4.69) is 54.6 Å². The quantitative estimate of drug-likeness (QED) is 0.446. The zero-order valence-electron chi connectivity index (χ0n) is 10.9. The average Bonchev–Trinajstić information content (AvgIpc) is 2.14. The lowest BCUT2D eigenvalue weighted by atomic mass is 9.66. The molecular weight excluding hydrogens is 167 g/mol. The SMILES string of the molecule is BC(C)[C@H](C(C)/C=C\CC)C(C)CC. The van der Waals surface area contributed by atoms with Gasteiger partial charge in [0, 0.05) is 0 Å². The molecule has 4 atom stereocenters. The zero-order valence-corrected chi connectivity index (χ0v) is 10.9. The number of allylic oxidation sites excluding steroid dienone is 2. The van der Waals surface area contributed by atoms with Gasteiger partial charge >= 0.3 is 0 Å². The van der Waals surface area contributed by atoms with E-state index in [4.69, 9.17) is 0 Å². The fourth-order valence-electron chi connectivity index (χ4n) is 2.53. The third kappa shape index (κ3) is 4.35. The highest BCUT2D eigenvalue weighted by Gasteiger charge is 2.23. The molecule has 0 rings (SSSR count). The Kier molecular flexibility index (Phi) is 7.04. The Bertz CT molecular complexity index is 161. The monoisotopic (exact) mass is 194 g/mol. The number of hydrogen-bond donors (Lipinski definition) is 0. The molecule has 0 heterocycles. The third-order valence-electron chi connectivity index (χ3n) is 3.35. The molecule has 14 heavy (non-hydrogen) atoms. The van der Waals surface area contributed by atoms with Gasteiger partial charge < -0.3 is 0 Å². The van der Waals surface area contributed by atoms with Crippen LogP contribution >= 0.6 is 0 Å². The van der Waals surface area contributed by atoms with Crippen molar-refractivity contribution < 1.29 is 0 Å². The molecule has 0 aromatic heterocycles. The summed E-state index contributed by atoms with van der Waals surface area (Å²) < 4.78 is 0. The standard InChI is InChI=1S/C13H27B/c1-6-8-9-11(4)13(12(5)14)10(3)7-2/h8-13H,6-7,14H2,1-5H3/b9-8-/t10?,11?,12?,13-/m0/s1. The van der Waals surface area contributed by atoms with Crippen LogP contribution in [0.5, 0.6) is 0 Å². The molecule has 0 aliphatic heterocycles. The molecule has 1 heteroatoms. The summed E-state index contributed by atoms with van der Waals surface area (Å²) in [5, 5.41) is 0. The van der Waals surface area contributed by atoms with Crippen LogP contribution in [0.3, 0.4) is 0 Å². The fraction of sp³-hybridized carbons (Fsp3) is 0.846. The van der Waals surface area contributed by atoms with Gasteiger partial charge in [0.05, 0.1) is 0 Å². The first-order valence-corrected chi connectivity index (χ1v) is 6.21. The first-order valence-electron chi connectivity index (χ1n) is 6.21. The van der Waals surface area contributed by atoms with Crippen LogP contribution in [0.15, 0.2) is 12.2 Å². The summed E-state index contributed by atoms with van der Waals surface area (Å²) in [4.78, 5) is 0. The average molecular weight is 194 g/mol. The second-order valence-electron chi connectivity index (χ2n) is 4.90. The molecule has 0 N–H and O–H groups in total. The second-order valence-corrected chi connectivity index (χ2v) is 4.90. The highest BCUT2D eigenvalue weighted by atomic mass is 14.3. The van der Waals surface area contributed by atoms with Gasteiger partial charge in [0.2, 0.25) is 0 Å². The predicted octanol–water partition coefficient (Wildman–Crippen LogP) is 3.69. The van der Waals surface area contributed by atoms with Crippen molar-refractivity contribution in [2.45, 2.75) is 53.3 Å². The molecule has 0 spiro atoms. The Morgan fingerprint density at radius 1 is 1.14 bits per heavy atom. The minimum Gasteiger partial charge on any atom is -0.0885 e. The maximum Gasteiger partial charge on any atom is 0.105 e. The molecule has 0 aliphatic carbocycles. The van der Waals surface area contributed by atoms with E-state index in [-0.39, 0.29) is 0 Å². The Hall–Kier alpha value is -0.195. The van der Waals surface area contributed by atoms with Crippen molar-refractivity contribution in [3.05, 3.63) is 12.2 Å². The van der Waals surface area contributed by atoms with Crippen molar-refractivity contribution >= 4 is 7.85 Å². The van der Waals surface area contributed by atoms with Gasteiger partial charge in [-0.1, -0.05) is 59.0 Å². The lowest BCUT2D eigenvalue weighted by molar-refractivity contribution is 0.277. The van der Waals surface area contributed by atoms with Crippen LogP contribution in [0, 0.1) is 17.8 Å². The summed E-state index contributed by atoms with van der Waals surface area (Å²) in [6, 6.07) is 0. The van der Waals surface area contributed by atoms with E-state index < -0.39 is 0 Å². The van der Waals surface area contributed by atoms with E-state index in [9.17, 15) is 0 Å². The second kappa shape index (κ2) is 7.14. The smallest absolute Gasteiger partial charge is 0.0885 e. The number of rotatable bonds is 6. The molecule has 3 unspecified atom stereocenters. The van der Waals surface area contributed by atoms with Crippen molar-refractivity contribution in [3.8, 4) is 0 Å². The topological polar surface area (TPSA) is 0 Å².